The molecule has 2 aromatic heterocycles. The number of aromatic nitrogens is 4. The molecule has 0 fully saturated rings. The average Bonchev–Trinajstić information content (AvgIpc) is 3.28. The van der Waals surface area contributed by atoms with E-state index >= 15 is 0 Å². The third kappa shape index (κ3) is 4.53. The molecule has 1 atom stereocenters. The molecule has 2 aromatic carbocycles. The maximum absolute atomic E-state index is 13.6. The van der Waals surface area contributed by atoms with Crippen molar-refractivity contribution in [3.8, 4) is 5.69 Å². The summed E-state index contributed by atoms with van der Waals surface area (Å²) in [5, 5.41) is 0. The van der Waals surface area contributed by atoms with Gasteiger partial charge in [0.2, 0.25) is 0 Å². The standard InChI is InChI=1S/C26H27FN4O4/c1-5-35-25(33)17(4)30-15-28-23-22(30)24(32)29(14-18-6-10-20(27)11-7-18)26(34)31(23)21-12-8-19(9-13-21)16(2)3/h6-13,15-17H,5,14H2,1-4H3. The first kappa shape index (κ1) is 24.1. The Bertz CT molecular complexity index is 1480. The van der Waals surface area contributed by atoms with Gasteiger partial charge >= 0.3 is 11.7 Å². The number of carbonyl (C=O) groups excluding carboxylic acids is 1. The summed E-state index contributed by atoms with van der Waals surface area (Å²) in [6, 6.07) is 12.2. The van der Waals surface area contributed by atoms with E-state index in [1.807, 2.05) is 12.1 Å². The number of fused-ring (bicyclic) bond motifs is 1. The number of carbonyl (C=O) groups is 1. The molecule has 182 valence electrons. The Morgan fingerprint density at radius 3 is 2.29 bits per heavy atom. The van der Waals surface area contributed by atoms with Crippen LogP contribution in [0, 0.1) is 5.82 Å². The highest BCUT2D eigenvalue weighted by molar-refractivity contribution is 5.79. The van der Waals surface area contributed by atoms with Crippen LogP contribution in [0.25, 0.3) is 16.9 Å². The molecule has 0 radical (unpaired) electrons. The fourth-order valence-corrected chi connectivity index (χ4v) is 3.97. The number of rotatable bonds is 7. The second kappa shape index (κ2) is 9.69. The zero-order valence-electron chi connectivity index (χ0n) is 20.1. The highest BCUT2D eigenvalue weighted by atomic mass is 19.1. The zero-order chi connectivity index (χ0) is 25.3. The van der Waals surface area contributed by atoms with Gasteiger partial charge in [0, 0.05) is 0 Å². The second-order valence-corrected chi connectivity index (χ2v) is 8.63. The van der Waals surface area contributed by atoms with Crippen LogP contribution >= 0.6 is 0 Å². The topological polar surface area (TPSA) is 88.1 Å². The van der Waals surface area contributed by atoms with Crippen LogP contribution in [0.1, 0.15) is 50.8 Å². The van der Waals surface area contributed by atoms with E-state index in [0.717, 1.165) is 10.1 Å². The van der Waals surface area contributed by atoms with Crippen LogP contribution in [0.2, 0.25) is 0 Å². The van der Waals surface area contributed by atoms with Crippen molar-refractivity contribution in [3.05, 3.63) is 92.6 Å². The lowest BCUT2D eigenvalue weighted by Crippen LogP contribution is -2.40. The Labute approximate surface area is 201 Å². The van der Waals surface area contributed by atoms with Crippen LogP contribution in [0.5, 0.6) is 0 Å². The predicted octanol–water partition coefficient (Wildman–Crippen LogP) is 3.78. The van der Waals surface area contributed by atoms with Crippen LogP contribution in [0.15, 0.2) is 64.4 Å². The monoisotopic (exact) mass is 478 g/mol. The van der Waals surface area contributed by atoms with Gasteiger partial charge in [0.05, 0.1) is 25.2 Å². The summed E-state index contributed by atoms with van der Waals surface area (Å²) in [7, 11) is 0. The van der Waals surface area contributed by atoms with E-state index < -0.39 is 29.1 Å². The molecule has 35 heavy (non-hydrogen) atoms. The van der Waals surface area contributed by atoms with Crippen molar-refractivity contribution in [1.29, 1.82) is 0 Å². The predicted molar refractivity (Wildman–Crippen MR) is 131 cm³/mol. The number of hydrogen-bond acceptors (Lipinski definition) is 5. The molecule has 0 amide bonds. The first-order chi connectivity index (χ1) is 16.7. The highest BCUT2D eigenvalue weighted by Crippen LogP contribution is 2.20. The summed E-state index contributed by atoms with van der Waals surface area (Å²) < 4.78 is 22.4. The summed E-state index contributed by atoms with van der Waals surface area (Å²) in [4.78, 5) is 44.0. The number of nitrogens with zero attached hydrogens (tertiary/aromatic N) is 4. The van der Waals surface area contributed by atoms with E-state index in [1.165, 1.54) is 39.7 Å². The number of hydrogen-bond donors (Lipinski definition) is 0. The van der Waals surface area contributed by atoms with E-state index in [-0.39, 0.29) is 24.3 Å². The minimum absolute atomic E-state index is 0.0725. The first-order valence-electron chi connectivity index (χ1n) is 11.5. The minimum Gasteiger partial charge on any atom is -0.464 e. The molecule has 4 aromatic rings. The summed E-state index contributed by atoms with van der Waals surface area (Å²) >= 11 is 0. The van der Waals surface area contributed by atoms with E-state index in [9.17, 15) is 18.8 Å². The van der Waals surface area contributed by atoms with Gasteiger partial charge in [0.25, 0.3) is 5.56 Å². The van der Waals surface area contributed by atoms with Crippen LogP contribution < -0.4 is 11.2 Å². The Morgan fingerprint density at radius 2 is 1.69 bits per heavy atom. The van der Waals surface area contributed by atoms with Gasteiger partial charge in [0.15, 0.2) is 11.2 Å². The molecule has 0 N–H and O–H groups in total. The molecule has 1 unspecified atom stereocenters. The van der Waals surface area contributed by atoms with E-state index in [0.29, 0.717) is 17.2 Å². The van der Waals surface area contributed by atoms with Gasteiger partial charge in [-0.25, -0.2) is 23.5 Å². The van der Waals surface area contributed by atoms with Gasteiger partial charge in [-0.2, -0.15) is 0 Å². The molecule has 0 bridgehead atoms. The van der Waals surface area contributed by atoms with Crippen LogP contribution in [0.4, 0.5) is 4.39 Å². The SMILES string of the molecule is CCOC(=O)C(C)n1cnc2c1c(=O)n(Cc1ccc(F)cc1)c(=O)n2-c1ccc(C(C)C)cc1. The maximum atomic E-state index is 13.6. The lowest BCUT2D eigenvalue weighted by Gasteiger charge is -2.16. The Kier molecular flexibility index (Phi) is 6.68. The Balaban J connectivity index is 1.98. The Morgan fingerprint density at radius 1 is 1.03 bits per heavy atom. The maximum Gasteiger partial charge on any atom is 0.337 e. The van der Waals surface area contributed by atoms with Crippen LogP contribution in [-0.2, 0) is 16.1 Å². The lowest BCUT2D eigenvalue weighted by atomic mass is 10.0. The second-order valence-electron chi connectivity index (χ2n) is 8.63. The number of ether oxygens (including phenoxy) is 1. The van der Waals surface area contributed by atoms with Gasteiger partial charge in [-0.3, -0.25) is 9.36 Å². The lowest BCUT2D eigenvalue weighted by molar-refractivity contribution is -0.146. The molecule has 0 aliphatic heterocycles. The molecule has 4 rings (SSSR count). The summed E-state index contributed by atoms with van der Waals surface area (Å²) in [6.07, 6.45) is 1.37. The molecule has 0 saturated carbocycles. The molecule has 9 heteroatoms. The molecule has 8 nitrogen and oxygen atoms in total. The molecular formula is C26H27FN4O4. The summed E-state index contributed by atoms with van der Waals surface area (Å²) in [6.45, 7) is 7.57. The summed E-state index contributed by atoms with van der Waals surface area (Å²) in [5.74, 6) is -0.631. The summed E-state index contributed by atoms with van der Waals surface area (Å²) in [5.41, 5.74) is 1.27. The largest absolute Gasteiger partial charge is 0.464 e. The van der Waals surface area contributed by atoms with Crippen LogP contribution in [0.3, 0.4) is 0 Å². The quantitative estimate of drug-likeness (QED) is 0.377. The van der Waals surface area contributed by atoms with Gasteiger partial charge in [-0.15, -0.1) is 0 Å². The molecule has 0 saturated heterocycles. The van der Waals surface area contributed by atoms with Gasteiger partial charge < -0.3 is 9.30 Å². The molecular weight excluding hydrogens is 451 g/mol. The number of benzene rings is 2. The normalized spacial score (nSPS) is 12.3. The number of halogens is 1. The van der Waals surface area contributed by atoms with Crippen molar-refractivity contribution >= 4 is 17.1 Å². The highest BCUT2D eigenvalue weighted by Gasteiger charge is 2.25. The Hall–Kier alpha value is -4.01. The molecule has 2 heterocycles. The molecule has 0 spiro atoms. The van der Waals surface area contributed by atoms with Crippen molar-refractivity contribution in [2.75, 3.05) is 6.61 Å². The third-order valence-corrected chi connectivity index (χ3v) is 5.97. The van der Waals surface area contributed by atoms with Crippen molar-refractivity contribution < 1.29 is 13.9 Å². The van der Waals surface area contributed by atoms with E-state index in [2.05, 4.69) is 18.8 Å². The average molecular weight is 479 g/mol. The number of esters is 1. The van der Waals surface area contributed by atoms with Gasteiger partial charge in [-0.05, 0) is 55.2 Å². The third-order valence-electron chi connectivity index (χ3n) is 5.97. The van der Waals surface area contributed by atoms with Crippen molar-refractivity contribution in [3.63, 3.8) is 0 Å². The smallest absolute Gasteiger partial charge is 0.337 e. The van der Waals surface area contributed by atoms with Gasteiger partial charge in [0.1, 0.15) is 11.9 Å². The van der Waals surface area contributed by atoms with Gasteiger partial charge in [-0.1, -0.05) is 38.1 Å². The van der Waals surface area contributed by atoms with E-state index in [1.54, 1.807) is 26.0 Å². The van der Waals surface area contributed by atoms with Crippen molar-refractivity contribution in [2.24, 2.45) is 0 Å². The number of imidazole rings is 1. The van der Waals surface area contributed by atoms with Crippen LogP contribution in [-0.4, -0.2) is 31.3 Å². The van der Waals surface area contributed by atoms with Crippen molar-refractivity contribution in [2.45, 2.75) is 46.2 Å². The zero-order valence-corrected chi connectivity index (χ0v) is 20.1. The molecule has 0 aliphatic rings. The van der Waals surface area contributed by atoms with Crippen molar-refractivity contribution in [1.82, 2.24) is 18.7 Å². The van der Waals surface area contributed by atoms with E-state index in [4.69, 9.17) is 4.74 Å². The fourth-order valence-electron chi connectivity index (χ4n) is 3.97. The molecule has 0 aliphatic carbocycles. The fraction of sp³-hybridized carbons (Fsp3) is 0.308. The first-order valence-corrected chi connectivity index (χ1v) is 11.5. The minimum atomic E-state index is -0.832.